The quantitative estimate of drug-likeness (QED) is 0.738. The number of morpholine rings is 1. The molecular weight excluding hydrogens is 314 g/mol. The standard InChI is InChI=1S/C20H21N3O2/c1-15(23-14-21-17-9-5-6-10-18(17)23)20(24)22-11-12-25-19(13-22)16-7-3-2-4-8-16/h2-10,14-15,19H,11-13H2,1H3. The van der Waals surface area contributed by atoms with Gasteiger partial charge in [0.25, 0.3) is 0 Å². The van der Waals surface area contributed by atoms with Crippen LogP contribution in [0.3, 0.4) is 0 Å². The van der Waals surface area contributed by atoms with Crippen molar-refractivity contribution in [2.24, 2.45) is 0 Å². The maximum absolute atomic E-state index is 13.0. The molecule has 2 atom stereocenters. The number of carbonyl (C=O) groups excluding carboxylic acids is 1. The smallest absolute Gasteiger partial charge is 0.245 e. The molecule has 3 aromatic rings. The fraction of sp³-hybridized carbons (Fsp3) is 0.300. The van der Waals surface area contributed by atoms with E-state index in [2.05, 4.69) is 4.98 Å². The number of carbonyl (C=O) groups is 1. The monoisotopic (exact) mass is 335 g/mol. The van der Waals surface area contributed by atoms with E-state index in [1.165, 1.54) is 0 Å². The molecule has 0 radical (unpaired) electrons. The Morgan fingerprint density at radius 2 is 1.92 bits per heavy atom. The van der Waals surface area contributed by atoms with Crippen LogP contribution >= 0.6 is 0 Å². The molecule has 1 fully saturated rings. The van der Waals surface area contributed by atoms with E-state index < -0.39 is 0 Å². The van der Waals surface area contributed by atoms with Crippen molar-refractivity contribution in [2.75, 3.05) is 19.7 Å². The number of amides is 1. The Balaban J connectivity index is 1.54. The van der Waals surface area contributed by atoms with Gasteiger partial charge in [0.2, 0.25) is 5.91 Å². The van der Waals surface area contributed by atoms with Crippen molar-refractivity contribution in [3.05, 3.63) is 66.5 Å². The second-order valence-corrected chi connectivity index (χ2v) is 6.37. The maximum Gasteiger partial charge on any atom is 0.245 e. The Labute approximate surface area is 146 Å². The molecule has 0 bridgehead atoms. The highest BCUT2D eigenvalue weighted by molar-refractivity contribution is 5.83. The lowest BCUT2D eigenvalue weighted by molar-refractivity contribution is -0.142. The minimum atomic E-state index is -0.290. The van der Waals surface area contributed by atoms with Crippen LogP contribution in [0, 0.1) is 0 Å². The van der Waals surface area contributed by atoms with Gasteiger partial charge in [-0.1, -0.05) is 42.5 Å². The predicted molar refractivity (Wildman–Crippen MR) is 96.2 cm³/mol. The van der Waals surface area contributed by atoms with Gasteiger partial charge in [0.1, 0.15) is 12.1 Å². The lowest BCUT2D eigenvalue weighted by Gasteiger charge is -2.35. The summed E-state index contributed by atoms with van der Waals surface area (Å²) in [6, 6.07) is 17.7. The summed E-state index contributed by atoms with van der Waals surface area (Å²) in [6.45, 7) is 3.70. The Kier molecular flexibility index (Phi) is 4.24. The number of fused-ring (bicyclic) bond motifs is 1. The molecule has 0 spiro atoms. The summed E-state index contributed by atoms with van der Waals surface area (Å²) in [7, 11) is 0. The van der Waals surface area contributed by atoms with Gasteiger partial charge in [-0.3, -0.25) is 4.79 Å². The van der Waals surface area contributed by atoms with E-state index in [4.69, 9.17) is 4.74 Å². The summed E-state index contributed by atoms with van der Waals surface area (Å²) in [5, 5.41) is 0. The first-order valence-corrected chi connectivity index (χ1v) is 8.61. The van der Waals surface area contributed by atoms with Gasteiger partial charge in [0, 0.05) is 6.54 Å². The molecule has 2 heterocycles. The van der Waals surface area contributed by atoms with E-state index in [0.29, 0.717) is 19.7 Å². The highest BCUT2D eigenvalue weighted by Gasteiger charge is 2.29. The molecule has 128 valence electrons. The van der Waals surface area contributed by atoms with Gasteiger partial charge in [-0.15, -0.1) is 0 Å². The Morgan fingerprint density at radius 1 is 1.16 bits per heavy atom. The third kappa shape index (κ3) is 3.03. The van der Waals surface area contributed by atoms with Gasteiger partial charge >= 0.3 is 0 Å². The summed E-state index contributed by atoms with van der Waals surface area (Å²) < 4.78 is 7.82. The lowest BCUT2D eigenvalue weighted by atomic mass is 10.1. The fourth-order valence-electron chi connectivity index (χ4n) is 3.39. The van der Waals surface area contributed by atoms with Crippen molar-refractivity contribution < 1.29 is 9.53 Å². The van der Waals surface area contributed by atoms with E-state index in [9.17, 15) is 4.79 Å². The molecule has 1 aliphatic rings. The summed E-state index contributed by atoms with van der Waals surface area (Å²) in [5.74, 6) is 0.104. The summed E-state index contributed by atoms with van der Waals surface area (Å²) in [4.78, 5) is 19.3. The molecule has 25 heavy (non-hydrogen) atoms. The van der Waals surface area contributed by atoms with Crippen LogP contribution in [-0.4, -0.2) is 40.1 Å². The third-order valence-corrected chi connectivity index (χ3v) is 4.81. The largest absolute Gasteiger partial charge is 0.370 e. The van der Waals surface area contributed by atoms with E-state index in [1.807, 2.05) is 71.0 Å². The molecule has 1 amide bonds. The van der Waals surface area contributed by atoms with Crippen LogP contribution in [0.4, 0.5) is 0 Å². The zero-order chi connectivity index (χ0) is 17.2. The average molecular weight is 335 g/mol. The molecule has 2 aromatic carbocycles. The maximum atomic E-state index is 13.0. The predicted octanol–water partition coefficient (Wildman–Crippen LogP) is 3.20. The lowest BCUT2D eigenvalue weighted by Crippen LogP contribution is -2.44. The normalized spacial score (nSPS) is 19.1. The van der Waals surface area contributed by atoms with Crippen molar-refractivity contribution in [3.63, 3.8) is 0 Å². The molecule has 1 saturated heterocycles. The van der Waals surface area contributed by atoms with Crippen molar-refractivity contribution >= 4 is 16.9 Å². The van der Waals surface area contributed by atoms with Gasteiger partial charge in [-0.25, -0.2) is 4.98 Å². The van der Waals surface area contributed by atoms with Gasteiger partial charge in [-0.2, -0.15) is 0 Å². The highest BCUT2D eigenvalue weighted by atomic mass is 16.5. The number of aromatic nitrogens is 2. The Morgan fingerprint density at radius 3 is 2.76 bits per heavy atom. The van der Waals surface area contributed by atoms with Gasteiger partial charge < -0.3 is 14.2 Å². The second kappa shape index (κ2) is 6.69. The minimum Gasteiger partial charge on any atom is -0.370 e. The number of hydrogen-bond donors (Lipinski definition) is 0. The van der Waals surface area contributed by atoms with E-state index in [0.717, 1.165) is 16.6 Å². The second-order valence-electron chi connectivity index (χ2n) is 6.37. The van der Waals surface area contributed by atoms with Crippen LogP contribution in [0.5, 0.6) is 0 Å². The summed E-state index contributed by atoms with van der Waals surface area (Å²) in [6.07, 6.45) is 1.69. The molecule has 5 nitrogen and oxygen atoms in total. The number of para-hydroxylation sites is 2. The topological polar surface area (TPSA) is 47.4 Å². The highest BCUT2D eigenvalue weighted by Crippen LogP contribution is 2.25. The number of nitrogens with zero attached hydrogens (tertiary/aromatic N) is 3. The number of ether oxygens (including phenoxy) is 1. The molecule has 2 unspecified atom stereocenters. The van der Waals surface area contributed by atoms with E-state index in [-0.39, 0.29) is 18.1 Å². The molecule has 0 aliphatic carbocycles. The summed E-state index contributed by atoms with van der Waals surface area (Å²) in [5.41, 5.74) is 3.00. The first-order chi connectivity index (χ1) is 12.2. The molecule has 0 saturated carbocycles. The number of benzene rings is 2. The van der Waals surface area contributed by atoms with Crippen molar-refractivity contribution in [2.45, 2.75) is 19.1 Å². The zero-order valence-corrected chi connectivity index (χ0v) is 14.2. The van der Waals surface area contributed by atoms with E-state index >= 15 is 0 Å². The SMILES string of the molecule is CC(C(=O)N1CCOC(c2ccccc2)C1)n1cnc2ccccc21. The molecular formula is C20H21N3O2. The van der Waals surface area contributed by atoms with Crippen LogP contribution in [0.15, 0.2) is 60.9 Å². The number of rotatable bonds is 3. The molecule has 0 N–H and O–H groups in total. The van der Waals surface area contributed by atoms with Crippen LogP contribution in [0.2, 0.25) is 0 Å². The zero-order valence-electron chi connectivity index (χ0n) is 14.2. The minimum absolute atomic E-state index is 0.0642. The average Bonchev–Trinajstić information content (AvgIpc) is 3.12. The first-order valence-electron chi connectivity index (χ1n) is 8.61. The molecule has 4 rings (SSSR count). The number of imidazole rings is 1. The van der Waals surface area contributed by atoms with Crippen LogP contribution < -0.4 is 0 Å². The van der Waals surface area contributed by atoms with Crippen molar-refractivity contribution in [3.8, 4) is 0 Å². The molecule has 1 aromatic heterocycles. The van der Waals surface area contributed by atoms with Crippen molar-refractivity contribution in [1.29, 1.82) is 0 Å². The third-order valence-electron chi connectivity index (χ3n) is 4.81. The first kappa shape index (κ1) is 15.8. The van der Waals surface area contributed by atoms with Crippen LogP contribution in [-0.2, 0) is 9.53 Å². The van der Waals surface area contributed by atoms with E-state index in [1.54, 1.807) is 6.33 Å². The summed E-state index contributed by atoms with van der Waals surface area (Å²) >= 11 is 0. The number of hydrogen-bond acceptors (Lipinski definition) is 3. The molecule has 1 aliphatic heterocycles. The van der Waals surface area contributed by atoms with Gasteiger partial charge in [-0.05, 0) is 24.6 Å². The Hall–Kier alpha value is -2.66. The van der Waals surface area contributed by atoms with Crippen molar-refractivity contribution in [1.82, 2.24) is 14.5 Å². The van der Waals surface area contributed by atoms with Gasteiger partial charge in [0.05, 0.1) is 30.5 Å². The molecule has 5 heteroatoms. The van der Waals surface area contributed by atoms with Crippen LogP contribution in [0.1, 0.15) is 24.6 Å². The Bertz CT molecular complexity index is 875. The van der Waals surface area contributed by atoms with Crippen LogP contribution in [0.25, 0.3) is 11.0 Å². The van der Waals surface area contributed by atoms with Gasteiger partial charge in [0.15, 0.2) is 0 Å². The fourth-order valence-corrected chi connectivity index (χ4v) is 3.39.